The van der Waals surface area contributed by atoms with Gasteiger partial charge in [0.25, 0.3) is 0 Å². The molecule has 20 heavy (non-hydrogen) atoms. The summed E-state index contributed by atoms with van der Waals surface area (Å²) in [6.07, 6.45) is 12.2. The summed E-state index contributed by atoms with van der Waals surface area (Å²) in [6, 6.07) is 2.89. The van der Waals surface area contributed by atoms with Gasteiger partial charge in [0.1, 0.15) is 0 Å². The molecule has 108 valence electrons. The quantitative estimate of drug-likeness (QED) is 0.845. The van der Waals surface area contributed by atoms with Crippen LogP contribution in [0, 0.1) is 0 Å². The van der Waals surface area contributed by atoms with Gasteiger partial charge in [-0.05, 0) is 24.3 Å². The van der Waals surface area contributed by atoms with Crippen molar-refractivity contribution >= 4 is 11.3 Å². The van der Waals surface area contributed by atoms with Crippen LogP contribution in [0.5, 0.6) is 0 Å². The van der Waals surface area contributed by atoms with Gasteiger partial charge in [-0.3, -0.25) is 0 Å². The van der Waals surface area contributed by atoms with Crippen molar-refractivity contribution in [3.63, 3.8) is 0 Å². The minimum absolute atomic E-state index is 0.727. The van der Waals surface area contributed by atoms with Crippen LogP contribution in [-0.2, 0) is 6.54 Å². The highest BCUT2D eigenvalue weighted by atomic mass is 32.1. The number of thiophene rings is 1. The zero-order valence-electron chi connectivity index (χ0n) is 11.9. The van der Waals surface area contributed by atoms with Gasteiger partial charge in [-0.1, -0.05) is 25.7 Å². The lowest BCUT2D eigenvalue weighted by atomic mass is 10.1. The van der Waals surface area contributed by atoms with Gasteiger partial charge in [0.05, 0.1) is 18.2 Å². The van der Waals surface area contributed by atoms with Crippen LogP contribution in [0.15, 0.2) is 29.4 Å². The SMILES string of the molecule is c1cc(-c2cncn2CCNC2CCCCCC2)cs1. The van der Waals surface area contributed by atoms with Gasteiger partial charge in [0, 0.05) is 30.1 Å². The minimum Gasteiger partial charge on any atom is -0.329 e. The highest BCUT2D eigenvalue weighted by Crippen LogP contribution is 2.21. The topological polar surface area (TPSA) is 29.9 Å². The van der Waals surface area contributed by atoms with Crippen molar-refractivity contribution in [2.24, 2.45) is 0 Å². The van der Waals surface area contributed by atoms with Crippen LogP contribution >= 0.6 is 11.3 Å². The van der Waals surface area contributed by atoms with Crippen molar-refractivity contribution in [1.82, 2.24) is 14.9 Å². The number of hydrogen-bond donors (Lipinski definition) is 1. The minimum atomic E-state index is 0.727. The van der Waals surface area contributed by atoms with Crippen molar-refractivity contribution in [2.45, 2.75) is 51.1 Å². The molecule has 2 aromatic heterocycles. The van der Waals surface area contributed by atoms with E-state index in [-0.39, 0.29) is 0 Å². The summed E-state index contributed by atoms with van der Waals surface area (Å²) in [6.45, 7) is 2.04. The first kappa shape index (κ1) is 13.8. The van der Waals surface area contributed by atoms with E-state index in [0.717, 1.165) is 19.1 Å². The molecule has 0 radical (unpaired) electrons. The first-order valence-corrected chi connectivity index (χ1v) is 8.64. The van der Waals surface area contributed by atoms with E-state index in [1.807, 2.05) is 12.5 Å². The second-order valence-corrected chi connectivity index (χ2v) is 6.41. The van der Waals surface area contributed by atoms with E-state index >= 15 is 0 Å². The lowest BCUT2D eigenvalue weighted by Crippen LogP contribution is -2.31. The molecular formula is C16H23N3S. The van der Waals surface area contributed by atoms with E-state index in [4.69, 9.17) is 0 Å². The molecule has 0 unspecified atom stereocenters. The summed E-state index contributed by atoms with van der Waals surface area (Å²) < 4.78 is 2.26. The molecule has 0 aliphatic heterocycles. The van der Waals surface area contributed by atoms with E-state index in [0.29, 0.717) is 0 Å². The van der Waals surface area contributed by atoms with Crippen LogP contribution in [0.3, 0.4) is 0 Å². The molecule has 4 heteroatoms. The largest absolute Gasteiger partial charge is 0.329 e. The predicted octanol–water partition coefficient (Wildman–Crippen LogP) is 3.92. The fraction of sp³-hybridized carbons (Fsp3) is 0.562. The van der Waals surface area contributed by atoms with Gasteiger partial charge in [-0.15, -0.1) is 0 Å². The average Bonchev–Trinajstić information content (AvgIpc) is 3.06. The third-order valence-corrected chi connectivity index (χ3v) is 4.85. The Morgan fingerprint density at radius 3 is 2.85 bits per heavy atom. The lowest BCUT2D eigenvalue weighted by Gasteiger charge is -2.16. The fourth-order valence-corrected chi connectivity index (χ4v) is 3.67. The maximum Gasteiger partial charge on any atom is 0.0951 e. The summed E-state index contributed by atoms with van der Waals surface area (Å²) >= 11 is 1.74. The van der Waals surface area contributed by atoms with Crippen LogP contribution in [0.2, 0.25) is 0 Å². The highest BCUT2D eigenvalue weighted by Gasteiger charge is 2.11. The molecular weight excluding hydrogens is 266 g/mol. The van der Waals surface area contributed by atoms with Gasteiger partial charge >= 0.3 is 0 Å². The molecule has 1 saturated carbocycles. The third kappa shape index (κ3) is 3.49. The van der Waals surface area contributed by atoms with Crippen molar-refractivity contribution in [3.05, 3.63) is 29.4 Å². The lowest BCUT2D eigenvalue weighted by molar-refractivity contribution is 0.446. The Morgan fingerprint density at radius 1 is 1.25 bits per heavy atom. The van der Waals surface area contributed by atoms with Crippen LogP contribution < -0.4 is 5.32 Å². The Balaban J connectivity index is 1.52. The third-order valence-electron chi connectivity index (χ3n) is 4.17. The second kappa shape index (κ2) is 7.04. The van der Waals surface area contributed by atoms with Gasteiger partial charge in [-0.2, -0.15) is 11.3 Å². The molecule has 1 aliphatic rings. The molecule has 3 nitrogen and oxygen atoms in total. The van der Waals surface area contributed by atoms with E-state index in [2.05, 4.69) is 31.7 Å². The van der Waals surface area contributed by atoms with Gasteiger partial charge in [0.2, 0.25) is 0 Å². The molecule has 1 fully saturated rings. The predicted molar refractivity (Wildman–Crippen MR) is 85.0 cm³/mol. The van der Waals surface area contributed by atoms with Crippen LogP contribution in [0.1, 0.15) is 38.5 Å². The first-order chi connectivity index (χ1) is 9.93. The van der Waals surface area contributed by atoms with Crippen LogP contribution in [0.25, 0.3) is 11.3 Å². The van der Waals surface area contributed by atoms with Crippen LogP contribution in [0.4, 0.5) is 0 Å². The van der Waals surface area contributed by atoms with Crippen molar-refractivity contribution < 1.29 is 0 Å². The molecule has 3 rings (SSSR count). The standard InChI is InChI=1S/C16H23N3S/c1-2-4-6-15(5-3-1)18-8-9-19-13-17-11-16(19)14-7-10-20-12-14/h7,10-13,15,18H,1-6,8-9H2. The molecule has 0 bridgehead atoms. The summed E-state index contributed by atoms with van der Waals surface area (Å²) in [5.74, 6) is 0. The van der Waals surface area contributed by atoms with Crippen LogP contribution in [-0.4, -0.2) is 22.1 Å². The Hall–Kier alpha value is -1.13. The first-order valence-electron chi connectivity index (χ1n) is 7.69. The maximum atomic E-state index is 4.30. The van der Waals surface area contributed by atoms with Crippen molar-refractivity contribution in [2.75, 3.05) is 6.54 Å². The smallest absolute Gasteiger partial charge is 0.0951 e. The number of rotatable bonds is 5. The van der Waals surface area contributed by atoms with E-state index in [1.54, 1.807) is 11.3 Å². The van der Waals surface area contributed by atoms with E-state index in [9.17, 15) is 0 Å². The average molecular weight is 289 g/mol. The Morgan fingerprint density at radius 2 is 2.10 bits per heavy atom. The normalized spacial score (nSPS) is 17.2. The molecule has 2 aromatic rings. The summed E-state index contributed by atoms with van der Waals surface area (Å²) in [7, 11) is 0. The molecule has 0 amide bonds. The zero-order chi connectivity index (χ0) is 13.6. The number of nitrogens with zero attached hydrogens (tertiary/aromatic N) is 2. The molecule has 0 atom stereocenters. The van der Waals surface area contributed by atoms with Crippen molar-refractivity contribution in [3.8, 4) is 11.3 Å². The zero-order valence-corrected chi connectivity index (χ0v) is 12.7. The number of nitrogens with one attached hydrogen (secondary N) is 1. The molecule has 0 spiro atoms. The Bertz CT molecular complexity index is 496. The highest BCUT2D eigenvalue weighted by molar-refractivity contribution is 7.08. The van der Waals surface area contributed by atoms with Gasteiger partial charge in [0.15, 0.2) is 0 Å². The molecule has 2 heterocycles. The molecule has 1 N–H and O–H groups in total. The Kier molecular flexibility index (Phi) is 4.87. The van der Waals surface area contributed by atoms with Gasteiger partial charge < -0.3 is 9.88 Å². The monoisotopic (exact) mass is 289 g/mol. The molecule has 0 aromatic carbocycles. The summed E-state index contributed by atoms with van der Waals surface area (Å²) in [4.78, 5) is 4.30. The number of hydrogen-bond acceptors (Lipinski definition) is 3. The number of aromatic nitrogens is 2. The second-order valence-electron chi connectivity index (χ2n) is 5.63. The van der Waals surface area contributed by atoms with Gasteiger partial charge in [-0.25, -0.2) is 4.98 Å². The Labute approximate surface area is 125 Å². The van der Waals surface area contributed by atoms with Crippen molar-refractivity contribution in [1.29, 1.82) is 0 Å². The maximum absolute atomic E-state index is 4.30. The summed E-state index contributed by atoms with van der Waals surface area (Å²) in [5, 5.41) is 8.03. The van der Waals surface area contributed by atoms with E-state index in [1.165, 1.54) is 49.8 Å². The molecule has 0 saturated heterocycles. The number of imidazole rings is 1. The summed E-state index contributed by atoms with van der Waals surface area (Å²) in [5.41, 5.74) is 2.51. The molecule has 1 aliphatic carbocycles. The fourth-order valence-electron chi connectivity index (χ4n) is 3.02. The van der Waals surface area contributed by atoms with E-state index < -0.39 is 0 Å².